The second kappa shape index (κ2) is 12.8. The number of sulfonamides is 1. The number of piperazine rings is 1. The maximum absolute atomic E-state index is 15.1. The lowest BCUT2D eigenvalue weighted by Gasteiger charge is -2.37. The summed E-state index contributed by atoms with van der Waals surface area (Å²) in [4.78, 5) is 17.6. The first-order valence-corrected chi connectivity index (χ1v) is 16.2. The molecule has 3 aromatic rings. The van der Waals surface area contributed by atoms with E-state index in [2.05, 4.69) is 15.4 Å². The highest BCUT2D eigenvalue weighted by Crippen LogP contribution is 2.35. The van der Waals surface area contributed by atoms with E-state index in [1.807, 2.05) is 0 Å². The molecule has 5 rings (SSSR count). The fraction of sp³-hybridized carbons (Fsp3) is 0.483. The highest BCUT2D eigenvalue weighted by atomic mass is 35.5. The summed E-state index contributed by atoms with van der Waals surface area (Å²) in [6.45, 7) is 0.797. The number of fused-ring (bicyclic) bond motifs is 2. The molecule has 5 atom stereocenters. The molecule has 0 saturated carbocycles. The Morgan fingerprint density at radius 1 is 1.23 bits per heavy atom. The predicted octanol–water partition coefficient (Wildman–Crippen LogP) is 3.60. The van der Waals surface area contributed by atoms with Crippen LogP contribution in [0.25, 0.3) is 0 Å². The average molecular weight is 657 g/mol. The number of aryl methyl sites for hydroxylation is 1. The highest BCUT2D eigenvalue weighted by molar-refractivity contribution is 7.89. The summed E-state index contributed by atoms with van der Waals surface area (Å²) >= 11 is 6.03. The van der Waals surface area contributed by atoms with E-state index in [0.29, 0.717) is 36.5 Å². The van der Waals surface area contributed by atoms with E-state index in [4.69, 9.17) is 17.3 Å². The van der Waals surface area contributed by atoms with E-state index in [1.54, 1.807) is 24.3 Å². The van der Waals surface area contributed by atoms with Crippen LogP contribution < -0.4 is 11.1 Å². The molecular formula is C29H33ClF4N6O3S. The van der Waals surface area contributed by atoms with Crippen LogP contribution in [0.15, 0.2) is 42.7 Å². The lowest BCUT2D eigenvalue weighted by Crippen LogP contribution is -2.57. The summed E-state index contributed by atoms with van der Waals surface area (Å²) in [6, 6.07) is 5.48. The molecule has 44 heavy (non-hydrogen) atoms. The van der Waals surface area contributed by atoms with Crippen molar-refractivity contribution in [2.75, 3.05) is 18.8 Å². The van der Waals surface area contributed by atoms with Gasteiger partial charge in [-0.3, -0.25) is 14.5 Å². The number of pyridine rings is 1. The Bertz CT molecular complexity index is 1620. The van der Waals surface area contributed by atoms with Gasteiger partial charge in [0.25, 0.3) is 0 Å². The normalized spacial score (nSPS) is 23.1. The number of benzene rings is 1. The lowest BCUT2D eigenvalue weighted by molar-refractivity contribution is -0.141. The first-order valence-electron chi connectivity index (χ1n) is 14.2. The average Bonchev–Trinajstić information content (AvgIpc) is 3.30. The molecule has 0 amide bonds. The number of aromatic nitrogens is 3. The highest BCUT2D eigenvalue weighted by Gasteiger charge is 2.39. The van der Waals surface area contributed by atoms with Crippen LogP contribution >= 0.6 is 11.6 Å². The fourth-order valence-corrected chi connectivity index (χ4v) is 8.06. The minimum atomic E-state index is -4.71. The lowest BCUT2D eigenvalue weighted by atomic mass is 9.84. The van der Waals surface area contributed by atoms with Crippen molar-refractivity contribution in [3.8, 4) is 0 Å². The van der Waals surface area contributed by atoms with Crippen LogP contribution in [0.2, 0.25) is 5.02 Å². The van der Waals surface area contributed by atoms with Gasteiger partial charge in [-0.15, -0.1) is 0 Å². The third kappa shape index (κ3) is 6.99. The second-order valence-electron chi connectivity index (χ2n) is 11.4. The molecule has 2 aromatic heterocycles. The van der Waals surface area contributed by atoms with Gasteiger partial charge in [-0.2, -0.15) is 22.6 Å². The Labute approximate surface area is 257 Å². The Morgan fingerprint density at radius 3 is 2.64 bits per heavy atom. The minimum absolute atomic E-state index is 0.0683. The molecule has 1 unspecified atom stereocenters. The van der Waals surface area contributed by atoms with Gasteiger partial charge in [0.1, 0.15) is 5.82 Å². The van der Waals surface area contributed by atoms with E-state index in [-0.39, 0.29) is 47.5 Å². The molecule has 15 heteroatoms. The molecule has 4 heterocycles. The van der Waals surface area contributed by atoms with Gasteiger partial charge < -0.3 is 11.1 Å². The van der Waals surface area contributed by atoms with Crippen LogP contribution in [0.3, 0.4) is 0 Å². The van der Waals surface area contributed by atoms with Crippen LogP contribution in [0, 0.1) is 5.82 Å². The number of ketones is 1. The smallest absolute Gasteiger partial charge is 0.321 e. The number of rotatable bonds is 9. The molecule has 1 aromatic carbocycles. The van der Waals surface area contributed by atoms with Crippen LogP contribution in [-0.4, -0.2) is 70.2 Å². The fourth-order valence-electron chi connectivity index (χ4n) is 6.12. The van der Waals surface area contributed by atoms with Crippen LogP contribution in [0.5, 0.6) is 0 Å². The third-order valence-corrected chi connectivity index (χ3v) is 10.7. The number of Topliss-reactive ketones (excluding diaryl/α,β-unsaturated/α-hetero) is 1. The van der Waals surface area contributed by atoms with E-state index >= 15 is 4.39 Å². The number of halogens is 5. The summed E-state index contributed by atoms with van der Waals surface area (Å²) in [6.07, 6.45) is -0.845. The third-order valence-electron chi connectivity index (χ3n) is 8.43. The predicted molar refractivity (Wildman–Crippen MR) is 156 cm³/mol. The number of nitrogens with zero attached hydrogens (tertiary/aromatic N) is 4. The topological polar surface area (TPSA) is 123 Å². The molecule has 2 fully saturated rings. The van der Waals surface area contributed by atoms with E-state index in [0.717, 1.165) is 23.4 Å². The van der Waals surface area contributed by atoms with Gasteiger partial charge in [-0.05, 0) is 60.6 Å². The molecule has 9 nitrogen and oxygen atoms in total. The zero-order valence-corrected chi connectivity index (χ0v) is 25.5. The summed E-state index contributed by atoms with van der Waals surface area (Å²) < 4.78 is 83.9. The largest absolute Gasteiger partial charge is 0.435 e. The van der Waals surface area contributed by atoms with Gasteiger partial charge in [0.05, 0.1) is 18.0 Å². The summed E-state index contributed by atoms with van der Waals surface area (Å²) in [7, 11) is -2.10. The molecule has 238 valence electrons. The SMILES string of the molecule is Cn1nc(C(F)(F)F)cc1[C@H](c1ccc(Cl)cc1)[C@H](N)C(=O)Cc1cncc(F)c1CC[C@H]1CN[C@@H]2CCCS(=O)(=O)N1C2. The summed E-state index contributed by atoms with van der Waals surface area (Å²) in [5, 5.41) is 7.37. The Kier molecular flexibility index (Phi) is 9.47. The Morgan fingerprint density at radius 2 is 1.95 bits per heavy atom. The zero-order chi connectivity index (χ0) is 31.8. The van der Waals surface area contributed by atoms with Crippen molar-refractivity contribution in [2.45, 2.75) is 62.3 Å². The van der Waals surface area contributed by atoms with Crippen molar-refractivity contribution in [1.29, 1.82) is 0 Å². The van der Waals surface area contributed by atoms with E-state index in [1.165, 1.54) is 17.5 Å². The minimum Gasteiger partial charge on any atom is -0.321 e. The van der Waals surface area contributed by atoms with Crippen molar-refractivity contribution in [3.63, 3.8) is 0 Å². The maximum atomic E-state index is 15.1. The Balaban J connectivity index is 1.39. The standard InChI is InChI=1S/C29H33ClF4N6O3S/c1-39-24(12-26(38-39)29(32,33)34)27(17-4-6-19(30)7-5-17)28(35)25(41)11-18-13-36-15-23(31)22(18)9-8-21-14-37-20-3-2-10-44(42,43)40(21)16-20/h4-7,12-13,15,20-21,27-28,37H,2-3,8-11,14,16,35H2,1H3/t20-,21+,27+,28-/m1/s1. The molecule has 2 aliphatic rings. The number of hydrogen-bond acceptors (Lipinski definition) is 7. The molecule has 2 aliphatic heterocycles. The monoisotopic (exact) mass is 656 g/mol. The van der Waals surface area contributed by atoms with Gasteiger partial charge in [-0.1, -0.05) is 23.7 Å². The first kappa shape index (κ1) is 32.5. The van der Waals surface area contributed by atoms with Crippen molar-refractivity contribution >= 4 is 27.4 Å². The molecule has 0 spiro atoms. The van der Waals surface area contributed by atoms with Crippen molar-refractivity contribution in [1.82, 2.24) is 24.4 Å². The van der Waals surface area contributed by atoms with Gasteiger partial charge in [0.2, 0.25) is 10.0 Å². The number of nitrogens with one attached hydrogen (secondary N) is 1. The molecule has 2 bridgehead atoms. The summed E-state index contributed by atoms with van der Waals surface area (Å²) in [5.41, 5.74) is 6.37. The van der Waals surface area contributed by atoms with Gasteiger partial charge >= 0.3 is 6.18 Å². The van der Waals surface area contributed by atoms with Crippen molar-refractivity contribution < 1.29 is 30.8 Å². The molecule has 3 N–H and O–H groups in total. The van der Waals surface area contributed by atoms with Crippen molar-refractivity contribution in [2.24, 2.45) is 12.8 Å². The number of carbonyl (C=O) groups is 1. The maximum Gasteiger partial charge on any atom is 0.435 e. The van der Waals surface area contributed by atoms with Crippen molar-refractivity contribution in [3.05, 3.63) is 81.6 Å². The Hall–Kier alpha value is -2.91. The number of carbonyl (C=O) groups excluding carboxylic acids is 1. The molecular weight excluding hydrogens is 624 g/mol. The zero-order valence-electron chi connectivity index (χ0n) is 23.9. The summed E-state index contributed by atoms with van der Waals surface area (Å²) in [5.74, 6) is -2.14. The van der Waals surface area contributed by atoms with Gasteiger partial charge in [0, 0.05) is 61.5 Å². The van der Waals surface area contributed by atoms with E-state index in [9.17, 15) is 26.4 Å². The van der Waals surface area contributed by atoms with Crippen LogP contribution in [-0.2, 0) is 40.9 Å². The van der Waals surface area contributed by atoms with Crippen LogP contribution in [0.1, 0.15) is 53.3 Å². The molecule has 2 saturated heterocycles. The molecule has 0 aliphatic carbocycles. The molecule has 0 radical (unpaired) electrons. The number of alkyl halides is 3. The quantitative estimate of drug-likeness (QED) is 0.338. The number of nitrogens with two attached hydrogens (primary N) is 1. The van der Waals surface area contributed by atoms with Gasteiger partial charge in [-0.25, -0.2) is 12.8 Å². The van der Waals surface area contributed by atoms with E-state index < -0.39 is 45.5 Å². The number of hydrogen-bond donors (Lipinski definition) is 2. The van der Waals surface area contributed by atoms with Gasteiger partial charge in [0.15, 0.2) is 11.5 Å². The first-order chi connectivity index (χ1) is 20.7. The second-order valence-corrected chi connectivity index (χ2v) is 13.8. The van der Waals surface area contributed by atoms with Crippen LogP contribution in [0.4, 0.5) is 17.6 Å².